The monoisotopic (exact) mass is 719 g/mol. The molecule has 0 aromatic heterocycles. The molecule has 4 aliphatic rings. The van der Waals surface area contributed by atoms with Gasteiger partial charge in [0.15, 0.2) is 28.8 Å². The van der Waals surface area contributed by atoms with Crippen LogP contribution in [0.15, 0.2) is 106 Å². The van der Waals surface area contributed by atoms with E-state index in [1.54, 1.807) is 72.8 Å². The van der Waals surface area contributed by atoms with E-state index in [-0.39, 0.29) is 63.7 Å². The van der Waals surface area contributed by atoms with Crippen LogP contribution in [-0.4, -0.2) is 48.5 Å². The summed E-state index contributed by atoms with van der Waals surface area (Å²) in [5.41, 5.74) is 3.41. The van der Waals surface area contributed by atoms with Crippen LogP contribution in [0.1, 0.15) is 34.3 Å². The molecule has 9 nitrogen and oxygen atoms in total. The molecule has 4 atom stereocenters. The molecule has 10 heteroatoms. The summed E-state index contributed by atoms with van der Waals surface area (Å²) >= 11 is 3.25. The molecule has 0 radical (unpaired) electrons. The van der Waals surface area contributed by atoms with Gasteiger partial charge in [-0.15, -0.1) is 0 Å². The third kappa shape index (κ3) is 5.36. The second kappa shape index (κ2) is 12.6. The first-order valence-corrected chi connectivity index (χ1v) is 16.5. The van der Waals surface area contributed by atoms with Gasteiger partial charge in [-0.25, -0.2) is 0 Å². The number of methoxy groups -OCH3 is 2. The molecule has 246 valence electrons. The summed E-state index contributed by atoms with van der Waals surface area (Å²) in [5, 5.41) is 10.4. The average molecular weight is 721 g/mol. The van der Waals surface area contributed by atoms with Crippen LogP contribution in [0.25, 0.3) is 6.08 Å². The highest BCUT2D eigenvalue weighted by Gasteiger charge is 2.56. The number of anilines is 1. The minimum atomic E-state index is -0.746. The van der Waals surface area contributed by atoms with Crippen molar-refractivity contribution in [3.63, 3.8) is 0 Å². The van der Waals surface area contributed by atoms with Crippen LogP contribution in [-0.2, 0) is 19.2 Å². The van der Waals surface area contributed by atoms with E-state index in [1.165, 1.54) is 25.2 Å². The molecule has 3 aromatic rings. The number of phenols is 1. The van der Waals surface area contributed by atoms with Crippen molar-refractivity contribution in [3.05, 3.63) is 123 Å². The zero-order valence-electron chi connectivity index (χ0n) is 26.5. The van der Waals surface area contributed by atoms with Gasteiger partial charge in [0.2, 0.25) is 17.6 Å². The van der Waals surface area contributed by atoms with Crippen molar-refractivity contribution in [1.82, 2.24) is 0 Å². The number of fused-ring (bicyclic) bond motifs is 3. The summed E-state index contributed by atoms with van der Waals surface area (Å²) in [6.07, 6.45) is 7.20. The van der Waals surface area contributed by atoms with E-state index in [0.717, 1.165) is 5.57 Å². The van der Waals surface area contributed by atoms with Crippen LogP contribution in [0.4, 0.5) is 5.69 Å². The van der Waals surface area contributed by atoms with Crippen molar-refractivity contribution >= 4 is 56.9 Å². The highest BCUT2D eigenvalue weighted by molar-refractivity contribution is 9.12. The Kier molecular flexibility index (Phi) is 8.28. The molecular weight excluding hydrogens is 690 g/mol. The summed E-state index contributed by atoms with van der Waals surface area (Å²) in [5.74, 6) is -3.81. The number of hydrogen-bond acceptors (Lipinski definition) is 8. The van der Waals surface area contributed by atoms with Gasteiger partial charge in [0.05, 0.1) is 36.2 Å². The lowest BCUT2D eigenvalue weighted by molar-refractivity contribution is -0.123. The van der Waals surface area contributed by atoms with Crippen LogP contribution in [0.5, 0.6) is 17.2 Å². The predicted molar refractivity (Wildman–Crippen MR) is 184 cm³/mol. The number of allylic oxidation sites excluding steroid dienone is 7. The number of phenolic OH excluding ortho intramolecular Hbond substituents is 1. The fourth-order valence-electron chi connectivity index (χ4n) is 7.47. The number of amides is 2. The molecule has 1 aliphatic heterocycles. The largest absolute Gasteiger partial charge is 0.502 e. The van der Waals surface area contributed by atoms with E-state index in [2.05, 4.69) is 15.9 Å². The number of benzene rings is 3. The zero-order valence-corrected chi connectivity index (χ0v) is 28.1. The first kappa shape index (κ1) is 32.2. The van der Waals surface area contributed by atoms with Gasteiger partial charge in [0, 0.05) is 34.3 Å². The third-order valence-corrected chi connectivity index (χ3v) is 10.4. The van der Waals surface area contributed by atoms with E-state index in [4.69, 9.17) is 9.47 Å². The first-order valence-electron chi connectivity index (χ1n) is 15.7. The van der Waals surface area contributed by atoms with E-state index < -0.39 is 23.7 Å². The smallest absolute Gasteiger partial charge is 0.238 e. The fourth-order valence-corrected chi connectivity index (χ4v) is 7.92. The van der Waals surface area contributed by atoms with Crippen LogP contribution >= 0.6 is 15.9 Å². The van der Waals surface area contributed by atoms with Crippen molar-refractivity contribution in [3.8, 4) is 17.2 Å². The molecule has 1 saturated heterocycles. The maximum Gasteiger partial charge on any atom is 0.238 e. The Hall–Kier alpha value is -5.35. The van der Waals surface area contributed by atoms with Crippen LogP contribution in [0.3, 0.4) is 0 Å². The fraction of sp³-hybridized carbons (Fsp3) is 0.205. The normalized spacial score (nSPS) is 23.2. The molecule has 1 heterocycles. The van der Waals surface area contributed by atoms with Gasteiger partial charge < -0.3 is 14.6 Å². The summed E-state index contributed by atoms with van der Waals surface area (Å²) in [6, 6.07) is 18.5. The molecule has 4 unspecified atom stereocenters. The van der Waals surface area contributed by atoms with Gasteiger partial charge in [-0.2, -0.15) is 0 Å². The minimum Gasteiger partial charge on any atom is -0.502 e. The molecule has 1 fully saturated rings. The molecule has 2 amide bonds. The molecule has 3 aromatic carbocycles. The van der Waals surface area contributed by atoms with Crippen LogP contribution in [0, 0.1) is 23.7 Å². The predicted octanol–water partition coefficient (Wildman–Crippen LogP) is 6.15. The minimum absolute atomic E-state index is 0.137. The Labute approximate surface area is 290 Å². The van der Waals surface area contributed by atoms with E-state index in [9.17, 15) is 29.1 Å². The zero-order chi connectivity index (χ0) is 34.6. The van der Waals surface area contributed by atoms with Gasteiger partial charge in [-0.1, -0.05) is 54.1 Å². The third-order valence-electron chi connectivity index (χ3n) is 9.79. The number of ether oxygens (including phenoxy) is 2. The summed E-state index contributed by atoms with van der Waals surface area (Å²) in [4.78, 5) is 69.2. The molecule has 3 aliphatic carbocycles. The van der Waals surface area contributed by atoms with E-state index in [0.29, 0.717) is 33.5 Å². The van der Waals surface area contributed by atoms with Crippen molar-refractivity contribution in [1.29, 1.82) is 0 Å². The standard InChI is InChI=1S/C39H30BrNO8/c1-48-31-16-20(17-32(49-2)37(31)45)8-13-25-24-14-15-26-34(27(24)18-28-33(25)30(42)19-29(40)36(28)44)39(47)41(38(26)46)23-11-9-22(10-12-23)35(43)21-6-4-3-5-7-21/h3-14,16-17,19,25-27,34,45H,15,18H2,1-2H3. The number of halogens is 1. The van der Waals surface area contributed by atoms with Crippen molar-refractivity contribution in [2.45, 2.75) is 12.8 Å². The Morgan fingerprint density at radius 3 is 2.20 bits per heavy atom. The Bertz CT molecular complexity index is 2050. The van der Waals surface area contributed by atoms with Gasteiger partial charge >= 0.3 is 0 Å². The summed E-state index contributed by atoms with van der Waals surface area (Å²) in [7, 11) is 2.85. The SMILES string of the molecule is COc1cc(C=CC2C3=CCC4C(=O)N(c5ccc(C(=O)c6ccccc6)cc5)C(=O)C4C3CC3=C2C(=O)C=C(Br)C3=O)cc(OC)c1O. The maximum absolute atomic E-state index is 14.2. The Morgan fingerprint density at radius 1 is 0.898 bits per heavy atom. The van der Waals surface area contributed by atoms with Gasteiger partial charge in [0.1, 0.15) is 0 Å². The Morgan fingerprint density at radius 2 is 1.55 bits per heavy atom. The highest BCUT2D eigenvalue weighted by Crippen LogP contribution is 2.53. The average Bonchev–Trinajstić information content (AvgIpc) is 3.38. The quantitative estimate of drug-likeness (QED) is 0.133. The molecular formula is C39H30BrNO8. The van der Waals surface area contributed by atoms with Crippen LogP contribution in [0.2, 0.25) is 0 Å². The number of aromatic hydroxyl groups is 1. The second-order valence-electron chi connectivity index (χ2n) is 12.3. The molecule has 0 saturated carbocycles. The molecule has 0 bridgehead atoms. The number of ketones is 3. The van der Waals surface area contributed by atoms with E-state index >= 15 is 0 Å². The topological polar surface area (TPSA) is 127 Å². The number of carbonyl (C=O) groups excluding carboxylic acids is 5. The Balaban J connectivity index is 1.24. The molecule has 7 rings (SSSR count). The second-order valence-corrected chi connectivity index (χ2v) is 13.2. The number of hydrogen-bond donors (Lipinski definition) is 1. The number of nitrogens with zero attached hydrogens (tertiary/aromatic N) is 1. The number of imide groups is 1. The molecule has 49 heavy (non-hydrogen) atoms. The number of carbonyl (C=O) groups is 5. The van der Waals surface area contributed by atoms with Gasteiger partial charge in [-0.05, 0) is 76.7 Å². The number of Topliss-reactive ketones (excluding diaryl/α,β-unsaturated/α-hetero) is 1. The summed E-state index contributed by atoms with van der Waals surface area (Å²) < 4.78 is 10.7. The first-order chi connectivity index (χ1) is 23.6. The lowest BCUT2D eigenvalue weighted by atomic mass is 9.61. The summed E-state index contributed by atoms with van der Waals surface area (Å²) in [6.45, 7) is 0. The highest BCUT2D eigenvalue weighted by atomic mass is 79.9. The van der Waals surface area contributed by atoms with Crippen molar-refractivity contribution in [2.75, 3.05) is 19.1 Å². The van der Waals surface area contributed by atoms with Crippen molar-refractivity contribution < 1.29 is 38.6 Å². The molecule has 1 N–H and O–H groups in total. The lowest BCUT2D eigenvalue weighted by Gasteiger charge is -2.41. The van der Waals surface area contributed by atoms with Gasteiger partial charge in [-0.3, -0.25) is 28.9 Å². The van der Waals surface area contributed by atoms with Crippen LogP contribution < -0.4 is 14.4 Å². The van der Waals surface area contributed by atoms with Crippen molar-refractivity contribution in [2.24, 2.45) is 23.7 Å². The number of rotatable bonds is 7. The van der Waals surface area contributed by atoms with Gasteiger partial charge in [0.25, 0.3) is 0 Å². The lowest BCUT2D eigenvalue weighted by Crippen LogP contribution is -2.40. The van der Waals surface area contributed by atoms with E-state index in [1.807, 2.05) is 12.1 Å². The molecule has 0 spiro atoms. The maximum atomic E-state index is 14.2.